The molecule has 0 saturated carbocycles. The van der Waals surface area contributed by atoms with Gasteiger partial charge in [0.1, 0.15) is 5.75 Å². The van der Waals surface area contributed by atoms with Crippen molar-refractivity contribution in [3.63, 3.8) is 0 Å². The second-order valence-electron chi connectivity index (χ2n) is 7.99. The largest absolute Gasteiger partial charge is 0.484 e. The minimum Gasteiger partial charge on any atom is -0.484 e. The van der Waals surface area contributed by atoms with Crippen LogP contribution in [0.1, 0.15) is 96.8 Å². The lowest BCUT2D eigenvalue weighted by Crippen LogP contribution is -2.29. The molecule has 0 aliphatic rings. The van der Waals surface area contributed by atoms with E-state index in [0.29, 0.717) is 12.3 Å². The number of nitrogens with one attached hydrogen (secondary N) is 1. The van der Waals surface area contributed by atoms with E-state index in [1.807, 2.05) is 0 Å². The van der Waals surface area contributed by atoms with Gasteiger partial charge in [0.25, 0.3) is 11.6 Å². The predicted octanol–water partition coefficient (Wildman–Crippen LogP) is 6.57. The van der Waals surface area contributed by atoms with E-state index in [4.69, 9.17) is 4.74 Å². The molecule has 0 aromatic heterocycles. The molecule has 0 bridgehead atoms. The summed E-state index contributed by atoms with van der Waals surface area (Å²) < 4.78 is 5.34. The van der Waals surface area contributed by atoms with Crippen molar-refractivity contribution in [1.82, 2.24) is 5.32 Å². The molecule has 6 nitrogen and oxygen atoms in total. The number of hydrogen-bond acceptors (Lipinski definition) is 4. The van der Waals surface area contributed by atoms with Crippen LogP contribution in [0.4, 0.5) is 5.69 Å². The fraction of sp³-hybridized carbons (Fsp3) is 0.708. The Morgan fingerprint density at radius 1 is 0.833 bits per heavy atom. The van der Waals surface area contributed by atoms with E-state index < -0.39 is 4.92 Å². The zero-order chi connectivity index (χ0) is 21.9. The van der Waals surface area contributed by atoms with Crippen molar-refractivity contribution in [2.24, 2.45) is 0 Å². The quantitative estimate of drug-likeness (QED) is 0.156. The highest BCUT2D eigenvalue weighted by atomic mass is 16.6. The molecule has 0 atom stereocenters. The number of unbranched alkanes of at least 4 members (excludes halogenated alkanes) is 13. The van der Waals surface area contributed by atoms with E-state index >= 15 is 0 Å². The molecule has 0 aliphatic carbocycles. The number of carbonyl (C=O) groups is 1. The Morgan fingerprint density at radius 3 is 1.77 bits per heavy atom. The lowest BCUT2D eigenvalue weighted by atomic mass is 10.0. The maximum absolute atomic E-state index is 11.8. The van der Waals surface area contributed by atoms with E-state index in [1.165, 1.54) is 101 Å². The van der Waals surface area contributed by atoms with Crippen LogP contribution in [0.15, 0.2) is 24.3 Å². The SMILES string of the molecule is CCCCCCCCCCCCCCCCNC(=O)COc1ccc([N+](=O)[O-])cc1. The second kappa shape index (κ2) is 17.7. The number of benzene rings is 1. The number of ether oxygens (including phenoxy) is 1. The topological polar surface area (TPSA) is 81.5 Å². The molecule has 0 unspecified atom stereocenters. The molecule has 0 saturated heterocycles. The first-order chi connectivity index (χ1) is 14.6. The number of nitro groups is 1. The highest BCUT2D eigenvalue weighted by molar-refractivity contribution is 5.77. The van der Waals surface area contributed by atoms with Crippen molar-refractivity contribution >= 4 is 11.6 Å². The zero-order valence-electron chi connectivity index (χ0n) is 18.7. The summed E-state index contributed by atoms with van der Waals surface area (Å²) in [6.07, 6.45) is 18.4. The van der Waals surface area contributed by atoms with E-state index in [0.717, 1.165) is 12.8 Å². The molecule has 0 fully saturated rings. The Morgan fingerprint density at radius 2 is 1.30 bits per heavy atom. The number of hydrogen-bond donors (Lipinski definition) is 1. The van der Waals surface area contributed by atoms with Crippen LogP contribution in [-0.2, 0) is 4.79 Å². The van der Waals surface area contributed by atoms with E-state index in [-0.39, 0.29) is 18.2 Å². The summed E-state index contributed by atoms with van der Waals surface area (Å²) >= 11 is 0. The Labute approximate surface area is 181 Å². The Kier molecular flexibility index (Phi) is 15.3. The monoisotopic (exact) mass is 420 g/mol. The molecule has 0 aliphatic heterocycles. The van der Waals surface area contributed by atoms with Crippen LogP contribution >= 0.6 is 0 Å². The molecule has 0 spiro atoms. The van der Waals surface area contributed by atoms with Crippen molar-refractivity contribution in [2.75, 3.05) is 13.2 Å². The Balaban J connectivity index is 1.86. The fourth-order valence-corrected chi connectivity index (χ4v) is 3.41. The molecule has 1 aromatic rings. The van der Waals surface area contributed by atoms with Gasteiger partial charge in [-0.1, -0.05) is 90.4 Å². The van der Waals surface area contributed by atoms with Crippen molar-refractivity contribution < 1.29 is 14.5 Å². The first kappa shape index (κ1) is 25.9. The molecule has 1 amide bonds. The van der Waals surface area contributed by atoms with Gasteiger partial charge in [0, 0.05) is 18.7 Å². The molecule has 1 N–H and O–H groups in total. The summed E-state index contributed by atoms with van der Waals surface area (Å²) in [6, 6.07) is 5.72. The average molecular weight is 421 g/mol. The summed E-state index contributed by atoms with van der Waals surface area (Å²) in [5.41, 5.74) is 0.00427. The number of nitro benzene ring substituents is 1. The average Bonchev–Trinajstić information content (AvgIpc) is 2.75. The van der Waals surface area contributed by atoms with Gasteiger partial charge in [-0.2, -0.15) is 0 Å². The maximum atomic E-state index is 11.8. The van der Waals surface area contributed by atoms with Crippen LogP contribution in [0.2, 0.25) is 0 Å². The van der Waals surface area contributed by atoms with Gasteiger partial charge in [0.05, 0.1) is 4.92 Å². The van der Waals surface area contributed by atoms with Gasteiger partial charge in [-0.25, -0.2) is 0 Å². The van der Waals surface area contributed by atoms with Gasteiger partial charge in [0.2, 0.25) is 0 Å². The van der Waals surface area contributed by atoms with Gasteiger partial charge in [-0.3, -0.25) is 14.9 Å². The number of nitrogens with zero attached hydrogens (tertiary/aromatic N) is 1. The van der Waals surface area contributed by atoms with E-state index in [2.05, 4.69) is 12.2 Å². The smallest absolute Gasteiger partial charge is 0.269 e. The second-order valence-corrected chi connectivity index (χ2v) is 7.99. The summed E-state index contributed by atoms with van der Waals surface area (Å²) in [7, 11) is 0. The number of non-ortho nitro benzene ring substituents is 1. The number of amides is 1. The molecular formula is C24H40N2O4. The predicted molar refractivity (Wildman–Crippen MR) is 122 cm³/mol. The molecule has 1 rings (SSSR count). The summed E-state index contributed by atoms with van der Waals surface area (Å²) in [5.74, 6) is 0.287. The maximum Gasteiger partial charge on any atom is 0.269 e. The lowest BCUT2D eigenvalue weighted by molar-refractivity contribution is -0.384. The van der Waals surface area contributed by atoms with Gasteiger partial charge in [0.15, 0.2) is 6.61 Å². The number of carbonyl (C=O) groups excluding carboxylic acids is 1. The molecule has 1 aromatic carbocycles. The minimum absolute atomic E-state index is 0.00427. The van der Waals surface area contributed by atoms with E-state index in [1.54, 1.807) is 0 Å². The summed E-state index contributed by atoms with van der Waals surface area (Å²) in [6.45, 7) is 2.86. The minimum atomic E-state index is -0.465. The Bertz CT molecular complexity index is 575. The molecule has 170 valence electrons. The third-order valence-electron chi connectivity index (χ3n) is 5.27. The first-order valence-corrected chi connectivity index (χ1v) is 11.8. The van der Waals surface area contributed by atoms with Crippen LogP contribution in [0.3, 0.4) is 0 Å². The van der Waals surface area contributed by atoms with Crippen LogP contribution in [0.5, 0.6) is 5.75 Å². The van der Waals surface area contributed by atoms with Crippen LogP contribution in [0.25, 0.3) is 0 Å². The highest BCUT2D eigenvalue weighted by Crippen LogP contribution is 2.17. The van der Waals surface area contributed by atoms with Crippen LogP contribution < -0.4 is 10.1 Å². The van der Waals surface area contributed by atoms with Crippen molar-refractivity contribution in [3.05, 3.63) is 34.4 Å². The fourth-order valence-electron chi connectivity index (χ4n) is 3.41. The van der Waals surface area contributed by atoms with Gasteiger partial charge in [-0.05, 0) is 18.6 Å². The normalized spacial score (nSPS) is 10.7. The molecular weight excluding hydrogens is 380 g/mol. The standard InChI is InChI=1S/C24H40N2O4/c1-2-3-4-5-6-7-8-9-10-11-12-13-14-15-20-25-24(27)21-30-23-18-16-22(17-19-23)26(28)29/h16-19H,2-15,20-21H2,1H3,(H,25,27). The van der Waals surface area contributed by atoms with Crippen LogP contribution in [0, 0.1) is 10.1 Å². The first-order valence-electron chi connectivity index (χ1n) is 11.8. The number of rotatable bonds is 19. The van der Waals surface area contributed by atoms with E-state index in [9.17, 15) is 14.9 Å². The molecule has 30 heavy (non-hydrogen) atoms. The van der Waals surface area contributed by atoms with Gasteiger partial charge in [-0.15, -0.1) is 0 Å². The third kappa shape index (κ3) is 14.0. The van der Waals surface area contributed by atoms with Crippen molar-refractivity contribution in [3.8, 4) is 5.75 Å². The molecule has 0 radical (unpaired) electrons. The Hall–Kier alpha value is -2.11. The van der Waals surface area contributed by atoms with Crippen molar-refractivity contribution in [1.29, 1.82) is 0 Å². The summed E-state index contributed by atoms with van der Waals surface area (Å²) in [4.78, 5) is 21.9. The van der Waals surface area contributed by atoms with Crippen LogP contribution in [-0.4, -0.2) is 24.0 Å². The highest BCUT2D eigenvalue weighted by Gasteiger charge is 2.06. The zero-order valence-corrected chi connectivity index (χ0v) is 18.7. The van der Waals surface area contributed by atoms with Gasteiger partial charge < -0.3 is 10.1 Å². The molecule has 6 heteroatoms. The lowest BCUT2D eigenvalue weighted by Gasteiger charge is -2.07. The summed E-state index contributed by atoms with van der Waals surface area (Å²) in [5, 5.41) is 13.5. The molecule has 0 heterocycles. The van der Waals surface area contributed by atoms with Crippen molar-refractivity contribution in [2.45, 2.75) is 96.8 Å². The van der Waals surface area contributed by atoms with Gasteiger partial charge >= 0.3 is 0 Å². The third-order valence-corrected chi connectivity index (χ3v) is 5.27.